The molecule has 11 rings (SSSR count). The average Bonchev–Trinajstić information content (AvgIpc) is 3.64. The minimum atomic E-state index is 0.636. The fourth-order valence-corrected chi connectivity index (χ4v) is 7.92. The van der Waals surface area contributed by atoms with Crippen molar-refractivity contribution in [2.24, 2.45) is 0 Å². The molecule has 4 nitrogen and oxygen atoms in total. The molecule has 0 aliphatic carbocycles. The fourth-order valence-electron chi connectivity index (χ4n) is 7.92. The first-order valence-corrected chi connectivity index (χ1v) is 18.5. The van der Waals surface area contributed by atoms with Crippen LogP contribution >= 0.6 is 0 Å². The topological polar surface area (TPSA) is 51.8 Å². The van der Waals surface area contributed by atoms with Crippen LogP contribution in [-0.4, -0.2) is 15.0 Å². The molecular weight excluding hydrogens is 671 g/mol. The standard InChI is InChI=1S/C51H31N3O/c1-3-10-32(11-4-1)38-26-27-46-45(30-38)48-43(16-9-17-47(48)55-46)39-23-21-37-29-40(25-22-36(37)28-39)50-52-49(35-13-5-2-6-14-35)53-51(54-50)41-24-20-34-19-18-33-12-7-8-15-42(33)44(34)31-41/h1-31H. The van der Waals surface area contributed by atoms with Gasteiger partial charge in [-0.1, -0.05) is 152 Å². The van der Waals surface area contributed by atoms with Gasteiger partial charge in [0, 0.05) is 27.5 Å². The lowest BCUT2D eigenvalue weighted by atomic mass is 9.95. The summed E-state index contributed by atoms with van der Waals surface area (Å²) in [5.74, 6) is 1.92. The van der Waals surface area contributed by atoms with Gasteiger partial charge in [0.15, 0.2) is 17.5 Å². The molecule has 4 heteroatoms. The molecule has 0 atom stereocenters. The van der Waals surface area contributed by atoms with E-state index in [2.05, 4.69) is 152 Å². The second kappa shape index (κ2) is 12.6. The van der Waals surface area contributed by atoms with E-state index in [1.54, 1.807) is 0 Å². The maximum Gasteiger partial charge on any atom is 0.164 e. The number of hydrogen-bond donors (Lipinski definition) is 0. The Kier molecular flexibility index (Phi) is 7.14. The molecule has 0 aliphatic rings. The van der Waals surface area contributed by atoms with Crippen molar-refractivity contribution in [1.29, 1.82) is 0 Å². The van der Waals surface area contributed by atoms with Gasteiger partial charge in [-0.2, -0.15) is 0 Å². The highest BCUT2D eigenvalue weighted by atomic mass is 16.3. The molecule has 0 saturated heterocycles. The molecule has 2 aromatic heterocycles. The van der Waals surface area contributed by atoms with Gasteiger partial charge in [0.25, 0.3) is 0 Å². The zero-order valence-electron chi connectivity index (χ0n) is 29.6. The molecule has 256 valence electrons. The normalized spacial score (nSPS) is 11.6. The third kappa shape index (κ3) is 5.43. The van der Waals surface area contributed by atoms with E-state index in [1.807, 2.05) is 36.4 Å². The van der Waals surface area contributed by atoms with E-state index in [0.717, 1.165) is 60.5 Å². The van der Waals surface area contributed by atoms with Gasteiger partial charge in [-0.25, -0.2) is 15.0 Å². The summed E-state index contributed by atoms with van der Waals surface area (Å²) in [4.78, 5) is 15.2. The van der Waals surface area contributed by atoms with Crippen LogP contribution in [0.2, 0.25) is 0 Å². The van der Waals surface area contributed by atoms with Crippen LogP contribution in [0.5, 0.6) is 0 Å². The van der Waals surface area contributed by atoms with Gasteiger partial charge in [-0.15, -0.1) is 0 Å². The van der Waals surface area contributed by atoms with Gasteiger partial charge in [0.1, 0.15) is 11.2 Å². The molecule has 9 aromatic carbocycles. The summed E-state index contributed by atoms with van der Waals surface area (Å²) >= 11 is 0. The maximum absolute atomic E-state index is 6.36. The van der Waals surface area contributed by atoms with Crippen molar-refractivity contribution in [3.8, 4) is 56.4 Å². The minimum absolute atomic E-state index is 0.636. The Morgan fingerprint density at radius 2 is 0.836 bits per heavy atom. The molecule has 0 amide bonds. The molecule has 0 radical (unpaired) electrons. The van der Waals surface area contributed by atoms with Crippen molar-refractivity contribution in [3.63, 3.8) is 0 Å². The lowest BCUT2D eigenvalue weighted by molar-refractivity contribution is 0.669. The highest BCUT2D eigenvalue weighted by Crippen LogP contribution is 2.40. The quantitative estimate of drug-likeness (QED) is 0.168. The van der Waals surface area contributed by atoms with Crippen molar-refractivity contribution in [1.82, 2.24) is 15.0 Å². The number of aromatic nitrogens is 3. The number of rotatable bonds is 5. The van der Waals surface area contributed by atoms with Crippen LogP contribution in [0.4, 0.5) is 0 Å². The first kappa shape index (κ1) is 31.1. The van der Waals surface area contributed by atoms with Crippen molar-refractivity contribution in [2.45, 2.75) is 0 Å². The Hall–Kier alpha value is -7.43. The van der Waals surface area contributed by atoms with E-state index in [4.69, 9.17) is 19.4 Å². The number of fused-ring (bicyclic) bond motifs is 7. The zero-order valence-corrected chi connectivity index (χ0v) is 29.6. The van der Waals surface area contributed by atoms with Crippen LogP contribution in [0, 0.1) is 0 Å². The molecule has 55 heavy (non-hydrogen) atoms. The van der Waals surface area contributed by atoms with Crippen molar-refractivity contribution >= 4 is 54.3 Å². The number of hydrogen-bond acceptors (Lipinski definition) is 4. The highest BCUT2D eigenvalue weighted by Gasteiger charge is 2.16. The van der Waals surface area contributed by atoms with Crippen LogP contribution in [0.15, 0.2) is 192 Å². The molecule has 0 spiro atoms. The Bertz CT molecular complexity index is 3260. The molecule has 0 saturated carbocycles. The van der Waals surface area contributed by atoms with E-state index < -0.39 is 0 Å². The largest absolute Gasteiger partial charge is 0.456 e. The first-order chi connectivity index (χ1) is 27.2. The van der Waals surface area contributed by atoms with Gasteiger partial charge < -0.3 is 4.42 Å². The minimum Gasteiger partial charge on any atom is -0.456 e. The molecule has 0 aliphatic heterocycles. The number of nitrogens with zero attached hydrogens (tertiary/aromatic N) is 3. The third-order valence-corrected chi connectivity index (χ3v) is 10.7. The van der Waals surface area contributed by atoms with Gasteiger partial charge in [-0.05, 0) is 91.0 Å². The summed E-state index contributed by atoms with van der Waals surface area (Å²) < 4.78 is 6.36. The van der Waals surface area contributed by atoms with E-state index in [1.165, 1.54) is 32.7 Å². The maximum atomic E-state index is 6.36. The molecule has 0 unspecified atom stereocenters. The lowest BCUT2D eigenvalue weighted by Gasteiger charge is -2.11. The second-order valence-corrected chi connectivity index (χ2v) is 14.0. The Labute approximate surface area is 317 Å². The van der Waals surface area contributed by atoms with E-state index in [0.29, 0.717) is 17.5 Å². The molecule has 0 bridgehead atoms. The van der Waals surface area contributed by atoms with E-state index in [9.17, 15) is 0 Å². The van der Waals surface area contributed by atoms with E-state index >= 15 is 0 Å². The molecule has 2 heterocycles. The van der Waals surface area contributed by atoms with Gasteiger partial charge in [0.2, 0.25) is 0 Å². The van der Waals surface area contributed by atoms with Crippen LogP contribution in [-0.2, 0) is 0 Å². The summed E-state index contributed by atoms with van der Waals surface area (Å²) in [7, 11) is 0. The van der Waals surface area contributed by atoms with E-state index in [-0.39, 0.29) is 0 Å². The summed E-state index contributed by atoms with van der Waals surface area (Å²) in [5, 5.41) is 9.26. The van der Waals surface area contributed by atoms with Crippen molar-refractivity contribution < 1.29 is 4.42 Å². The summed E-state index contributed by atoms with van der Waals surface area (Å²) in [6, 6.07) is 65.9. The van der Waals surface area contributed by atoms with Crippen molar-refractivity contribution in [3.05, 3.63) is 188 Å². The smallest absolute Gasteiger partial charge is 0.164 e. The fraction of sp³-hybridized carbons (Fsp3) is 0. The predicted octanol–water partition coefficient (Wildman–Crippen LogP) is 13.6. The molecule has 0 N–H and O–H groups in total. The Balaban J connectivity index is 1.02. The van der Waals surface area contributed by atoms with Crippen LogP contribution in [0.25, 0.3) is 111 Å². The van der Waals surface area contributed by atoms with Crippen LogP contribution in [0.3, 0.4) is 0 Å². The first-order valence-electron chi connectivity index (χ1n) is 18.5. The monoisotopic (exact) mass is 701 g/mol. The molecule has 0 fully saturated rings. The number of benzene rings is 9. The molecular formula is C51H31N3O. The third-order valence-electron chi connectivity index (χ3n) is 10.7. The highest BCUT2D eigenvalue weighted by molar-refractivity contribution is 6.14. The Morgan fingerprint density at radius 3 is 1.60 bits per heavy atom. The number of furan rings is 1. The molecule has 11 aromatic rings. The summed E-state index contributed by atoms with van der Waals surface area (Å²) in [6.45, 7) is 0. The van der Waals surface area contributed by atoms with Crippen LogP contribution in [0.1, 0.15) is 0 Å². The van der Waals surface area contributed by atoms with Gasteiger partial charge in [0.05, 0.1) is 0 Å². The Morgan fingerprint density at radius 1 is 0.291 bits per heavy atom. The van der Waals surface area contributed by atoms with Crippen molar-refractivity contribution in [2.75, 3.05) is 0 Å². The summed E-state index contributed by atoms with van der Waals surface area (Å²) in [6.07, 6.45) is 0. The van der Waals surface area contributed by atoms with Gasteiger partial charge >= 0.3 is 0 Å². The zero-order chi connectivity index (χ0) is 36.3. The van der Waals surface area contributed by atoms with Crippen LogP contribution < -0.4 is 0 Å². The predicted molar refractivity (Wildman–Crippen MR) is 227 cm³/mol. The second-order valence-electron chi connectivity index (χ2n) is 14.0. The summed E-state index contributed by atoms with van der Waals surface area (Å²) in [5.41, 5.74) is 9.23. The van der Waals surface area contributed by atoms with Gasteiger partial charge in [-0.3, -0.25) is 0 Å². The lowest BCUT2D eigenvalue weighted by Crippen LogP contribution is -2.00. The SMILES string of the molecule is c1ccc(-c2ccc3oc4cccc(-c5ccc6cc(-c7nc(-c8ccccc8)nc(-c8ccc9ccc%10ccccc%10c9c8)n7)ccc6c5)c4c3c2)cc1. The average molecular weight is 702 g/mol.